The molecule has 0 spiro atoms. The molecule has 1 aliphatic carbocycles. The summed E-state index contributed by atoms with van der Waals surface area (Å²) in [4.78, 5) is 18.6. The maximum Gasteiger partial charge on any atom is 0.274 e. The van der Waals surface area contributed by atoms with Gasteiger partial charge in [0.05, 0.1) is 6.10 Å². The number of aryl methyl sites for hydroxylation is 1. The van der Waals surface area contributed by atoms with Crippen molar-refractivity contribution < 1.29 is 9.53 Å². The number of ether oxygens (including phenoxy) is 1. The van der Waals surface area contributed by atoms with Gasteiger partial charge in [0.1, 0.15) is 12.2 Å². The number of rotatable bonds is 5. The van der Waals surface area contributed by atoms with Crippen LogP contribution in [-0.4, -0.2) is 62.1 Å². The number of aromatic amines is 1. The first-order valence-electron chi connectivity index (χ1n) is 8.39. The lowest BCUT2D eigenvalue weighted by Crippen LogP contribution is -2.36. The van der Waals surface area contributed by atoms with Crippen molar-refractivity contribution in [2.24, 2.45) is 7.05 Å². The highest BCUT2D eigenvalue weighted by Crippen LogP contribution is 2.40. The Morgan fingerprint density at radius 1 is 1.46 bits per heavy atom. The van der Waals surface area contributed by atoms with E-state index < -0.39 is 0 Å². The first-order valence-corrected chi connectivity index (χ1v) is 8.39. The standard InChI is InChI=1S/C16H22N6O2/c1-21(8-14-11(5-6-24-14)15-17-9-18-19-15)16(23)12-7-13(10-3-4-10)22(2)20-12/h7,9-11,14H,3-6,8H2,1-2H3,(H,17,18,19)/t11-,14-/m1/s1. The van der Waals surface area contributed by atoms with Gasteiger partial charge in [-0.05, 0) is 25.3 Å². The van der Waals surface area contributed by atoms with Crippen LogP contribution in [-0.2, 0) is 11.8 Å². The van der Waals surface area contributed by atoms with Gasteiger partial charge in [-0.3, -0.25) is 14.6 Å². The van der Waals surface area contributed by atoms with E-state index >= 15 is 0 Å². The number of nitrogens with zero attached hydrogens (tertiary/aromatic N) is 5. The molecule has 1 amide bonds. The predicted octanol–water partition coefficient (Wildman–Crippen LogP) is 1.06. The minimum Gasteiger partial charge on any atom is -0.376 e. The Kier molecular flexibility index (Phi) is 3.84. The van der Waals surface area contributed by atoms with Crippen molar-refractivity contribution in [3.63, 3.8) is 0 Å². The highest BCUT2D eigenvalue weighted by atomic mass is 16.5. The maximum atomic E-state index is 12.7. The average Bonchev–Trinajstić information content (AvgIpc) is 2.98. The molecule has 128 valence electrons. The minimum absolute atomic E-state index is 0.0654. The topological polar surface area (TPSA) is 88.9 Å². The molecule has 1 saturated carbocycles. The maximum absolute atomic E-state index is 12.7. The summed E-state index contributed by atoms with van der Waals surface area (Å²) in [6, 6.07) is 1.93. The number of amides is 1. The molecule has 1 N–H and O–H groups in total. The molecule has 3 heterocycles. The third-order valence-corrected chi connectivity index (χ3v) is 4.93. The molecular formula is C16H22N6O2. The van der Waals surface area contributed by atoms with Crippen LogP contribution in [0.3, 0.4) is 0 Å². The van der Waals surface area contributed by atoms with Gasteiger partial charge < -0.3 is 9.64 Å². The molecule has 2 atom stereocenters. The van der Waals surface area contributed by atoms with Crippen LogP contribution in [0.25, 0.3) is 0 Å². The Bertz CT molecular complexity index is 721. The second-order valence-electron chi connectivity index (χ2n) is 6.71. The summed E-state index contributed by atoms with van der Waals surface area (Å²) in [5, 5.41) is 11.2. The van der Waals surface area contributed by atoms with E-state index in [1.165, 1.54) is 19.2 Å². The number of likely N-dealkylation sites (N-methyl/N-ethyl adjacent to an activating group) is 1. The summed E-state index contributed by atoms with van der Waals surface area (Å²) < 4.78 is 7.65. The molecular weight excluding hydrogens is 308 g/mol. The molecule has 2 fully saturated rings. The minimum atomic E-state index is -0.0708. The van der Waals surface area contributed by atoms with E-state index in [2.05, 4.69) is 20.3 Å². The van der Waals surface area contributed by atoms with Gasteiger partial charge in [0.15, 0.2) is 5.69 Å². The molecule has 8 nitrogen and oxygen atoms in total. The summed E-state index contributed by atoms with van der Waals surface area (Å²) in [6.45, 7) is 1.19. The van der Waals surface area contributed by atoms with E-state index in [4.69, 9.17) is 4.74 Å². The monoisotopic (exact) mass is 330 g/mol. The van der Waals surface area contributed by atoms with Gasteiger partial charge in [0.2, 0.25) is 0 Å². The lowest BCUT2D eigenvalue weighted by Gasteiger charge is -2.23. The molecule has 1 saturated heterocycles. The first-order chi connectivity index (χ1) is 11.6. The molecule has 24 heavy (non-hydrogen) atoms. The van der Waals surface area contributed by atoms with Crippen molar-refractivity contribution in [3.05, 3.63) is 29.6 Å². The normalized spacial score (nSPS) is 23.6. The van der Waals surface area contributed by atoms with Crippen LogP contribution in [0.2, 0.25) is 0 Å². The molecule has 0 aromatic carbocycles. The Labute approximate surface area is 140 Å². The van der Waals surface area contributed by atoms with Crippen molar-refractivity contribution in [3.8, 4) is 0 Å². The zero-order valence-electron chi connectivity index (χ0n) is 14.0. The van der Waals surface area contributed by atoms with E-state index in [9.17, 15) is 4.79 Å². The lowest BCUT2D eigenvalue weighted by molar-refractivity contribution is 0.0545. The highest BCUT2D eigenvalue weighted by molar-refractivity contribution is 5.92. The first kappa shape index (κ1) is 15.3. The van der Waals surface area contributed by atoms with Crippen LogP contribution < -0.4 is 0 Å². The Hall–Kier alpha value is -2.22. The molecule has 2 aromatic heterocycles. The van der Waals surface area contributed by atoms with Crippen LogP contribution in [0.4, 0.5) is 0 Å². The average molecular weight is 330 g/mol. The van der Waals surface area contributed by atoms with Crippen LogP contribution in [0.15, 0.2) is 12.4 Å². The molecule has 0 radical (unpaired) electrons. The van der Waals surface area contributed by atoms with Crippen molar-refractivity contribution in [2.75, 3.05) is 20.2 Å². The summed E-state index contributed by atoms with van der Waals surface area (Å²) in [6.07, 6.45) is 4.71. The van der Waals surface area contributed by atoms with Gasteiger partial charge >= 0.3 is 0 Å². The number of nitrogens with one attached hydrogen (secondary N) is 1. The van der Waals surface area contributed by atoms with E-state index in [1.54, 1.807) is 11.9 Å². The number of aromatic nitrogens is 5. The number of hydrogen-bond donors (Lipinski definition) is 1. The van der Waals surface area contributed by atoms with Gasteiger partial charge in [-0.1, -0.05) is 0 Å². The number of carbonyl (C=O) groups is 1. The molecule has 1 aliphatic heterocycles. The molecule has 2 aromatic rings. The summed E-state index contributed by atoms with van der Waals surface area (Å²) in [5.74, 6) is 1.48. The molecule has 2 aliphatic rings. The van der Waals surface area contributed by atoms with Crippen LogP contribution in [0.5, 0.6) is 0 Å². The Morgan fingerprint density at radius 2 is 2.29 bits per heavy atom. The van der Waals surface area contributed by atoms with E-state index in [-0.39, 0.29) is 17.9 Å². The van der Waals surface area contributed by atoms with Crippen LogP contribution in [0, 0.1) is 0 Å². The molecule has 0 bridgehead atoms. The number of H-pyrrole nitrogens is 1. The van der Waals surface area contributed by atoms with Crippen molar-refractivity contribution >= 4 is 5.91 Å². The lowest BCUT2D eigenvalue weighted by atomic mass is 10.0. The van der Waals surface area contributed by atoms with E-state index in [1.807, 2.05) is 17.8 Å². The second-order valence-corrected chi connectivity index (χ2v) is 6.71. The van der Waals surface area contributed by atoms with Crippen molar-refractivity contribution in [1.29, 1.82) is 0 Å². The van der Waals surface area contributed by atoms with Gasteiger partial charge in [0, 0.05) is 44.8 Å². The van der Waals surface area contributed by atoms with E-state index in [0.717, 1.165) is 17.9 Å². The van der Waals surface area contributed by atoms with Crippen molar-refractivity contribution in [2.45, 2.75) is 37.2 Å². The predicted molar refractivity (Wildman–Crippen MR) is 85.6 cm³/mol. The molecule has 8 heteroatoms. The quantitative estimate of drug-likeness (QED) is 0.885. The van der Waals surface area contributed by atoms with Crippen LogP contribution in [0.1, 0.15) is 53.1 Å². The number of hydrogen-bond acceptors (Lipinski definition) is 5. The smallest absolute Gasteiger partial charge is 0.274 e. The van der Waals surface area contributed by atoms with Crippen molar-refractivity contribution in [1.82, 2.24) is 29.9 Å². The molecule has 4 rings (SSSR count). The van der Waals surface area contributed by atoms with Crippen LogP contribution >= 0.6 is 0 Å². The Morgan fingerprint density at radius 3 is 3.00 bits per heavy atom. The summed E-state index contributed by atoms with van der Waals surface area (Å²) in [7, 11) is 3.71. The fourth-order valence-corrected chi connectivity index (χ4v) is 3.43. The Balaban J connectivity index is 1.44. The highest BCUT2D eigenvalue weighted by Gasteiger charge is 2.34. The van der Waals surface area contributed by atoms with Gasteiger partial charge in [-0.2, -0.15) is 10.2 Å². The van der Waals surface area contributed by atoms with E-state index in [0.29, 0.717) is 24.8 Å². The zero-order chi connectivity index (χ0) is 16.7. The number of carbonyl (C=O) groups excluding carboxylic acids is 1. The summed E-state index contributed by atoms with van der Waals surface area (Å²) >= 11 is 0. The van der Waals surface area contributed by atoms with Gasteiger partial charge in [0.25, 0.3) is 5.91 Å². The third kappa shape index (κ3) is 2.82. The fraction of sp³-hybridized carbons (Fsp3) is 0.625. The largest absolute Gasteiger partial charge is 0.376 e. The fourth-order valence-electron chi connectivity index (χ4n) is 3.43. The third-order valence-electron chi connectivity index (χ3n) is 4.93. The van der Waals surface area contributed by atoms with Gasteiger partial charge in [-0.15, -0.1) is 0 Å². The molecule has 0 unspecified atom stereocenters. The SMILES string of the molecule is CN(C[C@H]1OCC[C@H]1c1ncn[nH]1)C(=O)c1cc(C2CC2)n(C)n1. The zero-order valence-corrected chi connectivity index (χ0v) is 14.0. The second kappa shape index (κ2) is 6.01. The van der Waals surface area contributed by atoms with Gasteiger partial charge in [-0.25, -0.2) is 4.98 Å². The summed E-state index contributed by atoms with van der Waals surface area (Å²) in [5.41, 5.74) is 1.67.